The zero-order valence-electron chi connectivity index (χ0n) is 15.6. The van der Waals surface area contributed by atoms with E-state index in [2.05, 4.69) is 12.2 Å². The van der Waals surface area contributed by atoms with Gasteiger partial charge in [-0.15, -0.1) is 0 Å². The van der Waals surface area contributed by atoms with Crippen LogP contribution in [0.25, 0.3) is 0 Å². The lowest BCUT2D eigenvalue weighted by molar-refractivity contribution is -0.107. The van der Waals surface area contributed by atoms with E-state index in [1.54, 1.807) is 14.2 Å². The van der Waals surface area contributed by atoms with Crippen molar-refractivity contribution < 1.29 is 14.6 Å². The number of ether oxygens (including phenoxy) is 2. The molecule has 0 unspecified atom stereocenters. The number of aliphatic hydroxyl groups is 1. The molecule has 0 heterocycles. The van der Waals surface area contributed by atoms with Crippen LogP contribution in [0.1, 0.15) is 89.9 Å². The monoisotopic (exact) mass is 328 g/mol. The summed E-state index contributed by atoms with van der Waals surface area (Å²) in [5.41, 5.74) is 0. The Labute approximate surface area is 144 Å². The van der Waals surface area contributed by atoms with Gasteiger partial charge in [-0.3, -0.25) is 0 Å². The third-order valence-electron chi connectivity index (χ3n) is 4.30. The number of unbranched alkanes of at least 4 members (excludes halogenated alkanes) is 11. The molecule has 0 aliphatic rings. The Kier molecular flexibility index (Phi) is 19.3. The fourth-order valence-corrected chi connectivity index (χ4v) is 2.81. The molecule has 0 fully saturated rings. The third-order valence-corrected chi connectivity index (χ3v) is 4.30. The predicted octanol–water partition coefficient (Wildman–Crippen LogP) is 5.62. The fourth-order valence-electron chi connectivity index (χ4n) is 2.81. The minimum atomic E-state index is -0.0137. The molecule has 0 amide bonds. The van der Waals surface area contributed by atoms with Crippen molar-refractivity contribution in [1.82, 2.24) is 0 Å². The van der Waals surface area contributed by atoms with E-state index >= 15 is 0 Å². The van der Waals surface area contributed by atoms with Gasteiger partial charge < -0.3 is 14.6 Å². The van der Waals surface area contributed by atoms with Gasteiger partial charge in [-0.2, -0.15) is 0 Å². The van der Waals surface area contributed by atoms with Gasteiger partial charge in [-0.05, 0) is 32.1 Å². The highest BCUT2D eigenvalue weighted by atomic mass is 16.7. The molecule has 0 aromatic rings. The SMILES string of the molecule is COC(CCCCCCCCCCCCC/C=C/CCO)OC. The van der Waals surface area contributed by atoms with E-state index in [9.17, 15) is 0 Å². The molecule has 23 heavy (non-hydrogen) atoms. The standard InChI is InChI=1S/C20H40O3/c1-22-20(23-2)18-16-14-12-10-8-6-4-3-5-7-9-11-13-15-17-19-21/h13,15,20-21H,3-12,14,16-19H2,1-2H3/b15-13+. The second-order valence-corrected chi connectivity index (χ2v) is 6.35. The van der Waals surface area contributed by atoms with Crippen LogP contribution < -0.4 is 0 Å². The lowest BCUT2D eigenvalue weighted by Gasteiger charge is -2.12. The number of hydrogen-bond donors (Lipinski definition) is 1. The smallest absolute Gasteiger partial charge is 0.156 e. The van der Waals surface area contributed by atoms with Gasteiger partial charge in [0.05, 0.1) is 0 Å². The topological polar surface area (TPSA) is 38.7 Å². The lowest BCUT2D eigenvalue weighted by Crippen LogP contribution is -2.12. The van der Waals surface area contributed by atoms with E-state index in [4.69, 9.17) is 14.6 Å². The van der Waals surface area contributed by atoms with Crippen molar-refractivity contribution in [3.05, 3.63) is 12.2 Å². The van der Waals surface area contributed by atoms with E-state index < -0.39 is 0 Å². The summed E-state index contributed by atoms with van der Waals surface area (Å²) in [5, 5.41) is 8.65. The summed E-state index contributed by atoms with van der Waals surface area (Å²) < 4.78 is 10.4. The molecule has 0 saturated heterocycles. The molecular weight excluding hydrogens is 288 g/mol. The molecule has 0 radical (unpaired) electrons. The van der Waals surface area contributed by atoms with Gasteiger partial charge >= 0.3 is 0 Å². The van der Waals surface area contributed by atoms with Crippen molar-refractivity contribution in [2.45, 2.75) is 96.2 Å². The molecule has 0 bridgehead atoms. The molecule has 1 N–H and O–H groups in total. The second-order valence-electron chi connectivity index (χ2n) is 6.35. The molecule has 0 spiro atoms. The van der Waals surface area contributed by atoms with E-state index in [1.807, 2.05) is 0 Å². The Bertz CT molecular complexity index is 237. The minimum absolute atomic E-state index is 0.0137. The molecule has 0 aromatic carbocycles. The molecule has 0 aromatic heterocycles. The predicted molar refractivity (Wildman–Crippen MR) is 98.7 cm³/mol. The molecule has 0 rings (SSSR count). The zero-order valence-corrected chi connectivity index (χ0v) is 15.6. The minimum Gasteiger partial charge on any atom is -0.396 e. The van der Waals surface area contributed by atoms with Crippen LogP contribution in [0.2, 0.25) is 0 Å². The molecular formula is C20H40O3. The van der Waals surface area contributed by atoms with Crippen molar-refractivity contribution in [3.63, 3.8) is 0 Å². The largest absolute Gasteiger partial charge is 0.396 e. The third kappa shape index (κ3) is 17.8. The Morgan fingerprint density at radius 2 is 1.09 bits per heavy atom. The summed E-state index contributed by atoms with van der Waals surface area (Å²) in [6.07, 6.45) is 22.1. The van der Waals surface area contributed by atoms with Crippen molar-refractivity contribution in [3.8, 4) is 0 Å². The van der Waals surface area contributed by atoms with Gasteiger partial charge in [0.25, 0.3) is 0 Å². The van der Waals surface area contributed by atoms with Crippen LogP contribution in [0.5, 0.6) is 0 Å². The molecule has 0 aliphatic carbocycles. The second kappa shape index (κ2) is 19.7. The summed E-state index contributed by atoms with van der Waals surface area (Å²) in [6, 6.07) is 0. The van der Waals surface area contributed by atoms with Gasteiger partial charge in [0.1, 0.15) is 0 Å². The molecule has 0 atom stereocenters. The molecule has 138 valence electrons. The fraction of sp³-hybridized carbons (Fsp3) is 0.900. The maximum absolute atomic E-state index is 8.65. The number of methoxy groups -OCH3 is 2. The molecule has 0 saturated carbocycles. The normalized spacial score (nSPS) is 11.8. The van der Waals surface area contributed by atoms with Gasteiger partial charge in [0.2, 0.25) is 0 Å². The highest BCUT2D eigenvalue weighted by Gasteiger charge is 2.03. The van der Waals surface area contributed by atoms with E-state index in [0.29, 0.717) is 0 Å². The Hall–Kier alpha value is -0.380. The summed E-state index contributed by atoms with van der Waals surface area (Å²) in [6.45, 7) is 0.275. The Morgan fingerprint density at radius 1 is 0.652 bits per heavy atom. The van der Waals surface area contributed by atoms with Crippen LogP contribution in [-0.2, 0) is 9.47 Å². The average molecular weight is 329 g/mol. The van der Waals surface area contributed by atoms with Crippen LogP contribution in [0.3, 0.4) is 0 Å². The average Bonchev–Trinajstić information content (AvgIpc) is 2.58. The molecule has 0 aliphatic heterocycles. The summed E-state index contributed by atoms with van der Waals surface area (Å²) in [5.74, 6) is 0. The first-order valence-electron chi connectivity index (χ1n) is 9.66. The van der Waals surface area contributed by atoms with Crippen molar-refractivity contribution in [2.75, 3.05) is 20.8 Å². The van der Waals surface area contributed by atoms with E-state index in [1.165, 1.54) is 77.0 Å². The van der Waals surface area contributed by atoms with Crippen molar-refractivity contribution >= 4 is 0 Å². The summed E-state index contributed by atoms with van der Waals surface area (Å²) >= 11 is 0. The van der Waals surface area contributed by atoms with E-state index in [0.717, 1.165) is 12.8 Å². The van der Waals surface area contributed by atoms with Crippen LogP contribution in [0.4, 0.5) is 0 Å². The van der Waals surface area contributed by atoms with Crippen molar-refractivity contribution in [1.29, 1.82) is 0 Å². The number of rotatable bonds is 18. The summed E-state index contributed by atoms with van der Waals surface area (Å²) in [7, 11) is 3.42. The lowest BCUT2D eigenvalue weighted by atomic mass is 10.0. The highest BCUT2D eigenvalue weighted by Crippen LogP contribution is 2.13. The molecule has 3 heteroatoms. The van der Waals surface area contributed by atoms with Crippen LogP contribution in [0.15, 0.2) is 12.2 Å². The van der Waals surface area contributed by atoms with Gasteiger partial charge in [0.15, 0.2) is 6.29 Å². The Balaban J connectivity index is 3.08. The van der Waals surface area contributed by atoms with Gasteiger partial charge in [-0.1, -0.05) is 69.9 Å². The molecule has 3 nitrogen and oxygen atoms in total. The van der Waals surface area contributed by atoms with Gasteiger partial charge in [-0.25, -0.2) is 0 Å². The first-order chi connectivity index (χ1) is 11.3. The zero-order chi connectivity index (χ0) is 17.0. The van der Waals surface area contributed by atoms with E-state index in [-0.39, 0.29) is 12.9 Å². The number of hydrogen-bond acceptors (Lipinski definition) is 3. The summed E-state index contributed by atoms with van der Waals surface area (Å²) in [4.78, 5) is 0. The van der Waals surface area contributed by atoms with Crippen molar-refractivity contribution in [2.24, 2.45) is 0 Å². The number of allylic oxidation sites excluding steroid dienone is 1. The van der Waals surface area contributed by atoms with Gasteiger partial charge in [0, 0.05) is 20.8 Å². The number of aliphatic hydroxyl groups excluding tert-OH is 1. The maximum atomic E-state index is 8.65. The van der Waals surface area contributed by atoms with Crippen LogP contribution in [-0.4, -0.2) is 32.2 Å². The highest BCUT2D eigenvalue weighted by molar-refractivity contribution is 4.80. The first-order valence-corrected chi connectivity index (χ1v) is 9.66. The van der Waals surface area contributed by atoms with Crippen LogP contribution >= 0.6 is 0 Å². The van der Waals surface area contributed by atoms with Crippen LogP contribution in [0, 0.1) is 0 Å². The first kappa shape index (κ1) is 22.6. The Morgan fingerprint density at radius 3 is 1.57 bits per heavy atom. The quantitative estimate of drug-likeness (QED) is 0.202. The maximum Gasteiger partial charge on any atom is 0.156 e.